The van der Waals surface area contributed by atoms with Crippen molar-refractivity contribution in [1.82, 2.24) is 19.4 Å². The minimum Gasteiger partial charge on any atom is -0.341 e. The molecule has 3 aromatic carbocycles. The molecule has 4 aromatic rings. The third-order valence-corrected chi connectivity index (χ3v) is 10.2. The number of sulfonamides is 1. The van der Waals surface area contributed by atoms with Gasteiger partial charge in [-0.2, -0.15) is 0 Å². The standard InChI is InChI=1S/C26H25BrN4O5S2/c27-21-13-17(11-12-20(21)24-15-25(32)31-38(24,35)36)14-22(30-37(33,34)19-9-5-2-6-10-19)26-28-16-23(29-26)18-7-3-1-4-8-18/h1-13,16,22,24,30,35-36H,14-15H2,(H,28,29)(H,31,32)/t22-,24?/m0/s1. The number of hydrogen-bond donors (Lipinski definition) is 5. The minimum atomic E-state index is -3.87. The van der Waals surface area contributed by atoms with Gasteiger partial charge in [-0.3, -0.25) is 18.6 Å². The number of benzene rings is 3. The van der Waals surface area contributed by atoms with Crippen LogP contribution in [0.5, 0.6) is 0 Å². The van der Waals surface area contributed by atoms with Gasteiger partial charge in [0.2, 0.25) is 15.9 Å². The van der Waals surface area contributed by atoms with Crippen LogP contribution in [0.25, 0.3) is 11.3 Å². The number of nitrogens with zero attached hydrogens (tertiary/aromatic N) is 1. The molecule has 0 aliphatic carbocycles. The fourth-order valence-corrected chi connectivity index (χ4v) is 7.95. The van der Waals surface area contributed by atoms with Gasteiger partial charge in [-0.25, -0.2) is 18.1 Å². The summed E-state index contributed by atoms with van der Waals surface area (Å²) in [5.74, 6) is 0.0247. The predicted octanol–water partition coefficient (Wildman–Crippen LogP) is 5.33. The molecule has 1 aromatic heterocycles. The van der Waals surface area contributed by atoms with Crippen molar-refractivity contribution in [1.29, 1.82) is 0 Å². The Balaban J connectivity index is 1.46. The molecule has 198 valence electrons. The number of amides is 1. The van der Waals surface area contributed by atoms with E-state index in [0.717, 1.165) is 16.8 Å². The summed E-state index contributed by atoms with van der Waals surface area (Å²) in [6.45, 7) is 0. The van der Waals surface area contributed by atoms with Crippen LogP contribution in [0, 0.1) is 0 Å². The number of rotatable bonds is 8. The Hall–Kier alpha value is -3.00. The summed E-state index contributed by atoms with van der Waals surface area (Å²) in [5, 5.41) is -0.774. The average molecular weight is 618 g/mol. The summed E-state index contributed by atoms with van der Waals surface area (Å²) < 4.78 is 52.7. The number of H-pyrrole nitrogens is 1. The lowest BCUT2D eigenvalue weighted by molar-refractivity contribution is -0.118. The summed E-state index contributed by atoms with van der Waals surface area (Å²) in [5.41, 5.74) is 3.03. The highest BCUT2D eigenvalue weighted by Gasteiger charge is 2.39. The Morgan fingerprint density at radius 2 is 1.74 bits per heavy atom. The van der Waals surface area contributed by atoms with E-state index in [4.69, 9.17) is 0 Å². The summed E-state index contributed by atoms with van der Waals surface area (Å²) in [4.78, 5) is 19.7. The summed E-state index contributed by atoms with van der Waals surface area (Å²) in [6.07, 6.45) is 1.89. The highest BCUT2D eigenvalue weighted by molar-refractivity contribution is 9.10. The zero-order valence-electron chi connectivity index (χ0n) is 19.9. The number of nitrogens with one attached hydrogen (secondary N) is 3. The van der Waals surface area contributed by atoms with Gasteiger partial charge in [0, 0.05) is 4.47 Å². The molecule has 12 heteroatoms. The highest BCUT2D eigenvalue weighted by atomic mass is 79.9. The normalized spacial score (nSPS) is 18.6. The Morgan fingerprint density at radius 1 is 1.05 bits per heavy atom. The van der Waals surface area contributed by atoms with Crippen LogP contribution in [0.3, 0.4) is 0 Å². The van der Waals surface area contributed by atoms with Gasteiger partial charge in [0.1, 0.15) is 11.1 Å². The molecule has 0 radical (unpaired) electrons. The SMILES string of the molecule is O=C1CC(c2ccc(C[C@H](NS(=O)(=O)c3ccccc3)c3ncc(-c4ccccc4)[nH]3)cc2Br)S(O)(O)N1. The van der Waals surface area contributed by atoms with Crippen molar-refractivity contribution in [3.63, 3.8) is 0 Å². The van der Waals surface area contributed by atoms with E-state index < -0.39 is 38.0 Å². The molecule has 2 heterocycles. The van der Waals surface area contributed by atoms with Crippen molar-refractivity contribution in [2.75, 3.05) is 0 Å². The van der Waals surface area contributed by atoms with Crippen molar-refractivity contribution >= 4 is 42.6 Å². The molecule has 5 rings (SSSR count). The Bertz CT molecular complexity index is 1560. The van der Waals surface area contributed by atoms with Crippen LogP contribution in [-0.4, -0.2) is 33.4 Å². The number of carbonyl (C=O) groups is 1. The first-order valence-corrected chi connectivity index (χ1v) is 15.5. The largest absolute Gasteiger partial charge is 0.341 e. The maximum absolute atomic E-state index is 13.2. The lowest BCUT2D eigenvalue weighted by atomic mass is 10.0. The molecule has 5 N–H and O–H groups in total. The molecule has 1 fully saturated rings. The number of imidazole rings is 1. The second-order valence-corrected chi connectivity index (χ2v) is 13.4. The van der Waals surface area contributed by atoms with E-state index in [0.29, 0.717) is 15.9 Å². The molecule has 0 spiro atoms. The third kappa shape index (κ3) is 5.70. The van der Waals surface area contributed by atoms with Gasteiger partial charge < -0.3 is 4.98 Å². The summed E-state index contributed by atoms with van der Waals surface area (Å²) in [7, 11) is -7.17. The van der Waals surface area contributed by atoms with E-state index in [1.807, 2.05) is 30.3 Å². The van der Waals surface area contributed by atoms with E-state index in [1.54, 1.807) is 42.6 Å². The molecule has 1 aliphatic heterocycles. The average Bonchev–Trinajstić information content (AvgIpc) is 3.48. The first kappa shape index (κ1) is 26.6. The molecule has 38 heavy (non-hydrogen) atoms. The van der Waals surface area contributed by atoms with E-state index in [9.17, 15) is 22.3 Å². The Labute approximate surface area is 230 Å². The summed E-state index contributed by atoms with van der Waals surface area (Å²) in [6, 6.07) is 22.3. The molecular formula is C26H25BrN4O5S2. The van der Waals surface area contributed by atoms with Crippen molar-refractivity contribution in [2.24, 2.45) is 0 Å². The third-order valence-electron chi connectivity index (χ3n) is 6.24. The van der Waals surface area contributed by atoms with Gasteiger partial charge >= 0.3 is 0 Å². The van der Waals surface area contributed by atoms with Crippen LogP contribution < -0.4 is 9.44 Å². The molecule has 1 amide bonds. The maximum Gasteiger partial charge on any atom is 0.241 e. The minimum absolute atomic E-state index is 0.0333. The molecule has 9 nitrogen and oxygen atoms in total. The smallest absolute Gasteiger partial charge is 0.241 e. The first-order chi connectivity index (χ1) is 18.1. The van der Waals surface area contributed by atoms with Gasteiger partial charge in [0.15, 0.2) is 0 Å². The number of aromatic nitrogens is 2. The number of aromatic amines is 1. The van der Waals surface area contributed by atoms with E-state index >= 15 is 0 Å². The van der Waals surface area contributed by atoms with Crippen LogP contribution in [-0.2, 0) is 21.2 Å². The second-order valence-electron chi connectivity index (χ2n) is 8.91. The molecule has 1 unspecified atom stereocenters. The Kier molecular flexibility index (Phi) is 7.45. The molecule has 1 aliphatic rings. The Morgan fingerprint density at radius 3 is 2.37 bits per heavy atom. The fourth-order valence-electron chi connectivity index (χ4n) is 4.37. The van der Waals surface area contributed by atoms with Crippen LogP contribution in [0.4, 0.5) is 0 Å². The fraction of sp³-hybridized carbons (Fsp3) is 0.154. The van der Waals surface area contributed by atoms with Gasteiger partial charge in [0.05, 0.1) is 29.2 Å². The van der Waals surface area contributed by atoms with Crippen molar-refractivity contribution in [3.05, 3.63) is 106 Å². The van der Waals surface area contributed by atoms with Crippen LogP contribution in [0.1, 0.15) is 34.7 Å². The predicted molar refractivity (Wildman–Crippen MR) is 150 cm³/mol. The van der Waals surface area contributed by atoms with Crippen LogP contribution in [0.2, 0.25) is 0 Å². The van der Waals surface area contributed by atoms with Crippen molar-refractivity contribution < 1.29 is 22.3 Å². The van der Waals surface area contributed by atoms with Gasteiger partial charge in [-0.05, 0) is 41.3 Å². The zero-order chi connectivity index (χ0) is 26.9. The van der Waals surface area contributed by atoms with Gasteiger partial charge in [-0.1, -0.05) is 76.6 Å². The van der Waals surface area contributed by atoms with Crippen LogP contribution in [0.15, 0.2) is 94.4 Å². The molecule has 0 bridgehead atoms. The van der Waals surface area contributed by atoms with Crippen molar-refractivity contribution in [2.45, 2.75) is 29.0 Å². The zero-order valence-corrected chi connectivity index (χ0v) is 23.1. The monoisotopic (exact) mass is 616 g/mol. The quantitative estimate of drug-likeness (QED) is 0.181. The second kappa shape index (κ2) is 10.6. The number of carbonyl (C=O) groups excluding carboxylic acids is 1. The molecular weight excluding hydrogens is 592 g/mol. The lowest BCUT2D eigenvalue weighted by Crippen LogP contribution is -2.31. The highest BCUT2D eigenvalue weighted by Crippen LogP contribution is 2.57. The molecule has 1 saturated heterocycles. The molecule has 2 atom stereocenters. The topological polar surface area (TPSA) is 144 Å². The first-order valence-electron chi connectivity index (χ1n) is 11.7. The number of hydrogen-bond acceptors (Lipinski definition) is 6. The van der Waals surface area contributed by atoms with Gasteiger partial charge in [0.25, 0.3) is 0 Å². The van der Waals surface area contributed by atoms with E-state index in [1.165, 1.54) is 12.1 Å². The maximum atomic E-state index is 13.2. The lowest BCUT2D eigenvalue weighted by Gasteiger charge is -2.33. The summed E-state index contributed by atoms with van der Waals surface area (Å²) >= 11 is 3.50. The van der Waals surface area contributed by atoms with Crippen LogP contribution >= 0.6 is 26.7 Å². The van der Waals surface area contributed by atoms with E-state index in [2.05, 4.69) is 35.3 Å². The number of halogens is 1. The molecule has 0 saturated carbocycles. The van der Waals surface area contributed by atoms with Gasteiger partial charge in [-0.15, -0.1) is 10.8 Å². The van der Waals surface area contributed by atoms with E-state index in [-0.39, 0.29) is 17.7 Å². The van der Waals surface area contributed by atoms with Crippen molar-refractivity contribution in [3.8, 4) is 11.3 Å².